The molecule has 0 saturated carbocycles. The Morgan fingerprint density at radius 1 is 0.522 bits per heavy atom. The molecule has 0 aliphatic carbocycles. The van der Waals surface area contributed by atoms with Crippen molar-refractivity contribution < 1.29 is 110 Å². The smallest absolute Gasteiger partial charge is 0.305 e. The molecule has 654 valence electrons. The molecule has 13 amide bonds. The van der Waals surface area contributed by atoms with Crippen molar-refractivity contribution in [3.63, 3.8) is 0 Å². The van der Waals surface area contributed by atoms with Crippen molar-refractivity contribution in [2.75, 3.05) is 175 Å². The molecule has 1 aliphatic heterocycles. The van der Waals surface area contributed by atoms with E-state index in [0.29, 0.717) is 84.3 Å². The molecular weight excluding hydrogens is 1570 g/mol. The lowest BCUT2D eigenvalue weighted by atomic mass is 10.0. The summed E-state index contributed by atoms with van der Waals surface area (Å²) in [6.07, 6.45) is -0.0795. The molecule has 1 aromatic carbocycles. The van der Waals surface area contributed by atoms with Crippen LogP contribution in [0.1, 0.15) is 99.5 Å². The third-order valence-electron chi connectivity index (χ3n) is 15.0. The van der Waals surface area contributed by atoms with E-state index < -0.39 is 130 Å². The number of unbranched alkanes of at least 4 members (excludes halogenated alkanes) is 1. The number of benzene rings is 1. The zero-order chi connectivity index (χ0) is 85.8. The summed E-state index contributed by atoms with van der Waals surface area (Å²) in [4.78, 5) is 188. The van der Waals surface area contributed by atoms with Gasteiger partial charge in [0.05, 0.1) is 98.0 Å². The van der Waals surface area contributed by atoms with E-state index in [0.717, 1.165) is 11.8 Å². The summed E-state index contributed by atoms with van der Waals surface area (Å²) in [7, 11) is 0. The number of aliphatic imine (C=N–C) groups is 1. The Hall–Kier alpha value is -8.24. The molecule has 0 spiro atoms. The van der Waals surface area contributed by atoms with Gasteiger partial charge in [-0.3, -0.25) is 72.1 Å². The van der Waals surface area contributed by atoms with Crippen molar-refractivity contribution in [3.05, 3.63) is 35.9 Å². The highest BCUT2D eigenvalue weighted by Crippen LogP contribution is 2.25. The van der Waals surface area contributed by atoms with Gasteiger partial charge in [-0.15, -0.1) is 11.8 Å². The highest BCUT2D eigenvalue weighted by atomic mass is 32.2. The number of hydrogen-bond acceptors (Lipinski definition) is 27. The molecule has 0 bridgehead atoms. The van der Waals surface area contributed by atoms with Gasteiger partial charge in [0, 0.05) is 79.4 Å². The lowest BCUT2D eigenvalue weighted by Crippen LogP contribution is -2.60. The monoisotopic (exact) mass is 1690 g/mol. The van der Waals surface area contributed by atoms with Gasteiger partial charge in [0.25, 0.3) is 0 Å². The van der Waals surface area contributed by atoms with Crippen LogP contribution in [0.5, 0.6) is 0 Å². The van der Waals surface area contributed by atoms with Crippen LogP contribution in [-0.2, 0) is 111 Å². The van der Waals surface area contributed by atoms with Crippen molar-refractivity contribution in [1.82, 2.24) is 63.8 Å². The first-order chi connectivity index (χ1) is 54.6. The summed E-state index contributed by atoms with van der Waals surface area (Å²) >= 11 is 3.52. The Morgan fingerprint density at radius 2 is 0.965 bits per heavy atom. The first-order valence-electron chi connectivity index (χ1n) is 37.8. The Bertz CT molecular complexity index is 3120. The van der Waals surface area contributed by atoms with Crippen molar-refractivity contribution in [3.8, 4) is 0 Å². The standard InChI is InChI=1S/C58H98N14O16S3.C14H27N3O7/c1-8-85-32-46(74)62-21-23-86-25-27-88-28-26-87-24-22-63-50(79)42-33-89-36-47(75)66-39(17-12-13-19-59)51(80)71-43(34-90-57(2,3)4)54(83)68-38(18-14-20-64-56(60)61)49(78)65-31-45(73)67-41(30-48(76)77)53(82)72-44(35-91-58(5,6)7)55(84)69-40(52(81)70-42)29-37-15-10-9-11-16-37;1-12(18)16-2-4-21-6-8-23-9-7-22-5-3-17-14(20)11-24-10-13(15)19/h9-11,15-16,38-44H,8,12-14,17-36,59H2,1-7H3,(H,62,74)(H,63,79)(H,65,78)(H,66,75)(H,67,73)(H,68,83)(H,69,84)(H,70,81)(H,71,80)(H,72,82)(H,76,77)(H4,60,61,64);2-11H2,1H3,(H2,15,19)(H,16,18)(H,17,20)/t38-,39-,40-,41-,42-,43-,44-;/m0./s1. The number of carboxylic acids is 1. The van der Waals surface area contributed by atoms with Gasteiger partial charge in [0.15, 0.2) is 5.96 Å². The number of nitrogens with one attached hydrogen (secondary N) is 12. The topological polar surface area (TPSA) is 594 Å². The molecule has 2 rings (SSSR count). The Kier molecular flexibility index (Phi) is 57.4. The fourth-order valence-corrected chi connectivity index (χ4v) is 12.1. The third kappa shape index (κ3) is 57.5. The molecule has 115 heavy (non-hydrogen) atoms. The number of ether oxygens (including phenoxy) is 8. The number of carboxylic acid groups (broad SMARTS) is 1. The highest BCUT2D eigenvalue weighted by molar-refractivity contribution is 8.01. The fraction of sp³-hybridized carbons (Fsp3) is 0.708. The second kappa shape index (κ2) is 63.0. The lowest BCUT2D eigenvalue weighted by Gasteiger charge is -2.28. The van der Waals surface area contributed by atoms with Crippen LogP contribution in [-0.4, -0.2) is 320 Å². The molecule has 1 aromatic rings. The van der Waals surface area contributed by atoms with Crippen LogP contribution < -0.4 is 86.7 Å². The van der Waals surface area contributed by atoms with Gasteiger partial charge in [-0.2, -0.15) is 23.5 Å². The predicted molar refractivity (Wildman–Crippen MR) is 433 cm³/mol. The van der Waals surface area contributed by atoms with Gasteiger partial charge in [-0.1, -0.05) is 71.9 Å². The number of carbonyl (C=O) groups is 14. The SMILES string of the molecule is CC(=O)NCCOCCOCCOCCNC(=O)COCC(N)=O.CCOCC(=O)NCCOCCOCCOCCNC(=O)[C@@H]1CSCC(=O)N[C@@H](CCCCN)C(=O)N[C@@H](CSC(C)(C)C)C(=O)N[C@@H](CCCN=C(N)N)C(=O)NCC(=O)N[C@@H](CC(=O)O)C(=O)N[C@@H](CSC(C)(C)C)C(=O)N[C@@H](Cc2ccccc2)C(=O)N1. The van der Waals surface area contributed by atoms with Crippen LogP contribution in [0.4, 0.5) is 0 Å². The fourth-order valence-electron chi connectivity index (χ4n) is 9.41. The molecule has 0 unspecified atom stereocenters. The number of nitrogens with zero attached hydrogens (tertiary/aromatic N) is 1. The normalized spacial score (nSPS) is 18.6. The summed E-state index contributed by atoms with van der Waals surface area (Å²) in [5.41, 5.74) is 22.3. The molecule has 0 radical (unpaired) electrons. The molecule has 0 aromatic heterocycles. The molecule has 7 atom stereocenters. The number of aliphatic carboxylic acids is 1. The van der Waals surface area contributed by atoms with E-state index in [9.17, 15) is 72.2 Å². The van der Waals surface area contributed by atoms with E-state index in [1.165, 1.54) is 30.4 Å². The number of carbonyl (C=O) groups excluding carboxylic acids is 13. The summed E-state index contributed by atoms with van der Waals surface area (Å²) in [5.74, 6) is -11.3. The van der Waals surface area contributed by atoms with E-state index in [4.69, 9.17) is 60.8 Å². The first-order valence-corrected chi connectivity index (χ1v) is 41.0. The largest absolute Gasteiger partial charge is 0.481 e. The van der Waals surface area contributed by atoms with E-state index >= 15 is 0 Å². The Balaban J connectivity index is 0.00000235. The number of amides is 13. The van der Waals surface area contributed by atoms with Gasteiger partial charge in [0.1, 0.15) is 62.1 Å². The van der Waals surface area contributed by atoms with Gasteiger partial charge in [-0.25, -0.2) is 0 Å². The van der Waals surface area contributed by atoms with E-state index in [1.807, 2.05) is 41.5 Å². The maximum atomic E-state index is 14.7. The second-order valence-corrected chi connectivity index (χ2v) is 32.1. The van der Waals surface area contributed by atoms with Crippen LogP contribution in [0.2, 0.25) is 0 Å². The number of thioether (sulfide) groups is 3. The van der Waals surface area contributed by atoms with E-state index in [2.05, 4.69) is 68.8 Å². The molecule has 43 heteroatoms. The Morgan fingerprint density at radius 3 is 1.45 bits per heavy atom. The lowest BCUT2D eigenvalue weighted by molar-refractivity contribution is -0.141. The van der Waals surface area contributed by atoms with Crippen LogP contribution in [0.15, 0.2) is 35.3 Å². The van der Waals surface area contributed by atoms with Crippen LogP contribution in [0.3, 0.4) is 0 Å². The summed E-state index contributed by atoms with van der Waals surface area (Å²) in [5, 5.41) is 41.4. The van der Waals surface area contributed by atoms with Gasteiger partial charge in [0.2, 0.25) is 76.8 Å². The van der Waals surface area contributed by atoms with Crippen LogP contribution in [0.25, 0.3) is 0 Å². The second-order valence-electron chi connectivity index (χ2n) is 27.4. The minimum atomic E-state index is -1.81. The van der Waals surface area contributed by atoms with Gasteiger partial charge in [-0.05, 0) is 51.1 Å². The third-order valence-corrected chi connectivity index (χ3v) is 18.8. The summed E-state index contributed by atoms with van der Waals surface area (Å²) < 4.78 is 41.3. The number of nitrogens with two attached hydrogens (primary N) is 4. The molecule has 1 aliphatic rings. The van der Waals surface area contributed by atoms with Crippen molar-refractivity contribution >= 4 is 124 Å². The molecule has 1 fully saturated rings. The average Bonchev–Trinajstić information content (AvgIpc) is 0.960. The van der Waals surface area contributed by atoms with E-state index in [1.54, 1.807) is 37.3 Å². The Labute approximate surface area is 685 Å². The highest BCUT2D eigenvalue weighted by Gasteiger charge is 2.36. The van der Waals surface area contributed by atoms with Gasteiger partial charge >= 0.3 is 5.97 Å². The number of guanidine groups is 1. The number of rotatable bonds is 48. The minimum Gasteiger partial charge on any atom is -0.481 e. The molecule has 21 N–H and O–H groups in total. The number of primary amides is 1. The van der Waals surface area contributed by atoms with Gasteiger partial charge < -0.3 is 130 Å². The molecule has 40 nitrogen and oxygen atoms in total. The molecule has 1 saturated heterocycles. The summed E-state index contributed by atoms with van der Waals surface area (Å²) in [6, 6.07) is -1.35. The maximum Gasteiger partial charge on any atom is 0.305 e. The van der Waals surface area contributed by atoms with Crippen LogP contribution >= 0.6 is 35.3 Å². The average molecular weight is 1690 g/mol. The predicted octanol–water partition coefficient (Wildman–Crippen LogP) is -4.68. The zero-order valence-electron chi connectivity index (χ0n) is 67.4. The zero-order valence-corrected chi connectivity index (χ0v) is 69.8. The summed E-state index contributed by atoms with van der Waals surface area (Å²) in [6.45, 7) is 18.6. The first kappa shape index (κ1) is 105. The number of hydrogen-bond donors (Lipinski definition) is 17. The van der Waals surface area contributed by atoms with Crippen LogP contribution in [0, 0.1) is 0 Å². The quantitative estimate of drug-likeness (QED) is 0.0166. The van der Waals surface area contributed by atoms with E-state index in [-0.39, 0.29) is 151 Å². The molecule has 1 heterocycles. The van der Waals surface area contributed by atoms with Crippen molar-refractivity contribution in [2.24, 2.45) is 27.9 Å². The van der Waals surface area contributed by atoms with Crippen molar-refractivity contribution in [2.45, 2.75) is 152 Å². The van der Waals surface area contributed by atoms with Crippen molar-refractivity contribution in [1.29, 1.82) is 0 Å². The minimum absolute atomic E-state index is 0.00576. The molecular formula is C72H125N17O23S3. The maximum absolute atomic E-state index is 14.7.